The molecule has 0 spiro atoms. The van der Waals surface area contributed by atoms with Gasteiger partial charge in [0.1, 0.15) is 5.02 Å². The van der Waals surface area contributed by atoms with Gasteiger partial charge in [0.05, 0.1) is 23.1 Å². The van der Waals surface area contributed by atoms with E-state index in [0.717, 1.165) is 30.8 Å². The van der Waals surface area contributed by atoms with Gasteiger partial charge in [-0.2, -0.15) is 4.98 Å². The van der Waals surface area contributed by atoms with Crippen LogP contribution in [0.25, 0.3) is 0 Å². The summed E-state index contributed by atoms with van der Waals surface area (Å²) in [4.78, 5) is 25.5. The molecule has 1 aromatic heterocycles. The number of amides is 1. The van der Waals surface area contributed by atoms with Crippen LogP contribution in [-0.2, 0) is 0 Å². The molecular weight excluding hydrogens is 388 g/mol. The van der Waals surface area contributed by atoms with Gasteiger partial charge in [-0.1, -0.05) is 36.9 Å². The first kappa shape index (κ1) is 19.8. The van der Waals surface area contributed by atoms with E-state index in [0.29, 0.717) is 34.9 Å². The van der Waals surface area contributed by atoms with Gasteiger partial charge < -0.3 is 20.4 Å². The number of anilines is 4. The molecule has 1 aromatic carbocycles. The van der Waals surface area contributed by atoms with E-state index < -0.39 is 0 Å². The Morgan fingerprint density at radius 3 is 2.66 bits per heavy atom. The summed E-state index contributed by atoms with van der Waals surface area (Å²) in [5.74, 6) is 1.13. The van der Waals surface area contributed by atoms with E-state index in [4.69, 9.17) is 11.6 Å². The van der Waals surface area contributed by atoms with E-state index >= 15 is 0 Å². The molecule has 1 saturated carbocycles. The van der Waals surface area contributed by atoms with Crippen molar-refractivity contribution in [1.29, 1.82) is 0 Å². The molecule has 1 fully saturated rings. The van der Waals surface area contributed by atoms with Gasteiger partial charge in [-0.25, -0.2) is 4.98 Å². The fourth-order valence-electron chi connectivity index (χ4n) is 4.04. The summed E-state index contributed by atoms with van der Waals surface area (Å²) in [6.45, 7) is 1.43. The van der Waals surface area contributed by atoms with Gasteiger partial charge in [0.25, 0.3) is 5.91 Å². The third kappa shape index (κ3) is 4.24. The number of halogens is 1. The highest BCUT2D eigenvalue weighted by Crippen LogP contribution is 2.34. The molecule has 1 amide bonds. The lowest BCUT2D eigenvalue weighted by molar-refractivity contribution is 0.0805. The van der Waals surface area contributed by atoms with E-state index in [-0.39, 0.29) is 5.91 Å². The lowest BCUT2D eigenvalue weighted by Gasteiger charge is -2.24. The standard InChI is InChI=1S/C21H27ClN6O/c1-27-11-12-28(2)20(29)15-9-6-10-17(18(15)27)25-21-23-13-16(22)19(26-21)24-14-7-4-3-5-8-14/h6,9-10,13-14H,3-5,7-8,11-12H2,1-2H3,(H2,23,24,25,26). The topological polar surface area (TPSA) is 73.4 Å². The Kier molecular flexibility index (Phi) is 5.76. The Bertz CT molecular complexity index is 899. The van der Waals surface area contributed by atoms with Crippen molar-refractivity contribution in [2.45, 2.75) is 38.1 Å². The highest BCUT2D eigenvalue weighted by atomic mass is 35.5. The summed E-state index contributed by atoms with van der Waals surface area (Å²) >= 11 is 6.34. The second kappa shape index (κ2) is 8.45. The van der Waals surface area contributed by atoms with Crippen LogP contribution in [0.4, 0.5) is 23.1 Å². The summed E-state index contributed by atoms with van der Waals surface area (Å²) in [5, 5.41) is 7.29. The van der Waals surface area contributed by atoms with Crippen LogP contribution in [0, 0.1) is 0 Å². The zero-order chi connectivity index (χ0) is 20.4. The predicted octanol–water partition coefficient (Wildman–Crippen LogP) is 4.14. The first-order chi connectivity index (χ1) is 14.0. The lowest BCUT2D eigenvalue weighted by Crippen LogP contribution is -2.30. The van der Waals surface area contributed by atoms with Crippen molar-refractivity contribution >= 4 is 40.6 Å². The number of hydrogen-bond acceptors (Lipinski definition) is 6. The monoisotopic (exact) mass is 414 g/mol. The molecule has 2 N–H and O–H groups in total. The van der Waals surface area contributed by atoms with Crippen LogP contribution in [0.3, 0.4) is 0 Å². The van der Waals surface area contributed by atoms with E-state index in [1.165, 1.54) is 19.3 Å². The van der Waals surface area contributed by atoms with Gasteiger partial charge in [-0.3, -0.25) is 4.79 Å². The average Bonchev–Trinajstić information content (AvgIpc) is 2.84. The molecule has 0 radical (unpaired) electrons. The molecule has 1 aliphatic heterocycles. The summed E-state index contributed by atoms with van der Waals surface area (Å²) < 4.78 is 0. The van der Waals surface area contributed by atoms with Gasteiger partial charge in [0.2, 0.25) is 5.95 Å². The molecule has 1 aliphatic carbocycles. The third-order valence-electron chi connectivity index (χ3n) is 5.70. The maximum atomic E-state index is 12.7. The zero-order valence-corrected chi connectivity index (χ0v) is 17.7. The second-order valence-corrected chi connectivity index (χ2v) is 8.25. The van der Waals surface area contributed by atoms with Crippen molar-refractivity contribution in [1.82, 2.24) is 14.9 Å². The van der Waals surface area contributed by atoms with Gasteiger partial charge in [0.15, 0.2) is 5.82 Å². The van der Waals surface area contributed by atoms with Gasteiger partial charge in [-0.15, -0.1) is 0 Å². The van der Waals surface area contributed by atoms with Crippen molar-refractivity contribution in [3.8, 4) is 0 Å². The Labute approximate surface area is 176 Å². The fourth-order valence-corrected chi connectivity index (χ4v) is 4.18. The number of nitrogens with one attached hydrogen (secondary N) is 2. The summed E-state index contributed by atoms with van der Waals surface area (Å²) in [7, 11) is 3.83. The van der Waals surface area contributed by atoms with Crippen LogP contribution >= 0.6 is 11.6 Å². The minimum Gasteiger partial charge on any atom is -0.370 e. The van der Waals surface area contributed by atoms with Crippen LogP contribution in [0.5, 0.6) is 0 Å². The van der Waals surface area contributed by atoms with Crippen molar-refractivity contribution in [3.63, 3.8) is 0 Å². The molecule has 8 heteroatoms. The van der Waals surface area contributed by atoms with Crippen LogP contribution < -0.4 is 15.5 Å². The van der Waals surface area contributed by atoms with Crippen molar-refractivity contribution in [3.05, 3.63) is 35.0 Å². The van der Waals surface area contributed by atoms with Crippen LogP contribution in [-0.4, -0.2) is 54.0 Å². The van der Waals surface area contributed by atoms with E-state index in [2.05, 4.69) is 25.5 Å². The molecule has 0 unspecified atom stereocenters. The van der Waals surface area contributed by atoms with Crippen LogP contribution in [0.2, 0.25) is 5.02 Å². The molecule has 7 nitrogen and oxygen atoms in total. The molecule has 0 atom stereocenters. The largest absolute Gasteiger partial charge is 0.370 e. The molecule has 0 saturated heterocycles. The number of carbonyl (C=O) groups excluding carboxylic acids is 1. The minimum absolute atomic E-state index is 0.0182. The molecule has 4 rings (SSSR count). The Morgan fingerprint density at radius 1 is 1.10 bits per heavy atom. The molecular formula is C21H27ClN6O. The Balaban J connectivity index is 1.61. The van der Waals surface area contributed by atoms with Gasteiger partial charge in [-0.05, 0) is 25.0 Å². The number of rotatable bonds is 4. The molecule has 154 valence electrons. The van der Waals surface area contributed by atoms with Crippen molar-refractivity contribution in [2.75, 3.05) is 42.7 Å². The SMILES string of the molecule is CN1CCN(C)c2c(Nc3ncc(Cl)c(NC4CCCCC4)n3)cccc2C1=O. The summed E-state index contributed by atoms with van der Waals surface area (Å²) in [6.07, 6.45) is 7.65. The van der Waals surface area contributed by atoms with Gasteiger partial charge in [0, 0.05) is 33.2 Å². The number of aromatic nitrogens is 2. The predicted molar refractivity (Wildman–Crippen MR) is 117 cm³/mol. The zero-order valence-electron chi connectivity index (χ0n) is 16.9. The second-order valence-electron chi connectivity index (χ2n) is 7.84. The average molecular weight is 415 g/mol. The number of para-hydroxylation sites is 1. The maximum Gasteiger partial charge on any atom is 0.255 e. The molecule has 29 heavy (non-hydrogen) atoms. The molecule has 2 aromatic rings. The number of benzene rings is 1. The lowest BCUT2D eigenvalue weighted by atomic mass is 9.95. The quantitative estimate of drug-likeness (QED) is 0.783. The number of likely N-dealkylation sites (N-methyl/N-ethyl adjacent to an activating group) is 2. The highest BCUT2D eigenvalue weighted by molar-refractivity contribution is 6.32. The number of nitrogens with zero attached hydrogens (tertiary/aromatic N) is 4. The smallest absolute Gasteiger partial charge is 0.255 e. The highest BCUT2D eigenvalue weighted by Gasteiger charge is 2.25. The molecule has 2 aliphatic rings. The number of hydrogen-bond donors (Lipinski definition) is 2. The van der Waals surface area contributed by atoms with Crippen molar-refractivity contribution in [2.24, 2.45) is 0 Å². The van der Waals surface area contributed by atoms with Crippen molar-refractivity contribution < 1.29 is 4.79 Å². The summed E-state index contributed by atoms with van der Waals surface area (Å²) in [5.41, 5.74) is 2.34. The Hall–Kier alpha value is -2.54. The Morgan fingerprint density at radius 2 is 1.86 bits per heavy atom. The van der Waals surface area contributed by atoms with Gasteiger partial charge >= 0.3 is 0 Å². The fraction of sp³-hybridized carbons (Fsp3) is 0.476. The summed E-state index contributed by atoms with van der Waals surface area (Å²) in [6, 6.07) is 6.08. The first-order valence-electron chi connectivity index (χ1n) is 10.2. The van der Waals surface area contributed by atoms with E-state index in [1.807, 2.05) is 32.3 Å². The normalized spacial score (nSPS) is 17.7. The van der Waals surface area contributed by atoms with Crippen LogP contribution in [0.15, 0.2) is 24.4 Å². The van der Waals surface area contributed by atoms with E-state index in [9.17, 15) is 4.79 Å². The molecule has 0 bridgehead atoms. The van der Waals surface area contributed by atoms with Crippen LogP contribution in [0.1, 0.15) is 42.5 Å². The number of carbonyl (C=O) groups is 1. The first-order valence-corrected chi connectivity index (χ1v) is 10.6. The minimum atomic E-state index is 0.0182. The van der Waals surface area contributed by atoms with E-state index in [1.54, 1.807) is 11.1 Å². The molecule has 2 heterocycles. The third-order valence-corrected chi connectivity index (χ3v) is 5.98. The number of fused-ring (bicyclic) bond motifs is 1. The maximum absolute atomic E-state index is 12.7.